The highest BCUT2D eigenvalue weighted by atomic mass is 16.5. The van der Waals surface area contributed by atoms with E-state index in [1.165, 1.54) is 0 Å². The van der Waals surface area contributed by atoms with Crippen LogP contribution in [0.1, 0.15) is 21.6 Å². The van der Waals surface area contributed by atoms with Gasteiger partial charge in [-0.1, -0.05) is 48.5 Å². The molecule has 0 bridgehead atoms. The molecule has 0 aliphatic heterocycles. The van der Waals surface area contributed by atoms with E-state index in [1.54, 1.807) is 24.3 Å². The Kier molecular flexibility index (Phi) is 5.39. The minimum absolute atomic E-state index is 0.189. The summed E-state index contributed by atoms with van der Waals surface area (Å²) in [6.45, 7) is 0. The number of aromatic amines is 1. The number of amides is 1. The predicted molar refractivity (Wildman–Crippen MR) is 114 cm³/mol. The fourth-order valence-electron chi connectivity index (χ4n) is 3.10. The molecule has 1 aromatic heterocycles. The summed E-state index contributed by atoms with van der Waals surface area (Å²) in [5.74, 6) is 0.0780. The molecule has 0 atom stereocenters. The largest absolute Gasteiger partial charge is 0.505 e. The maximum Gasteiger partial charge on any atom is 0.264 e. The van der Waals surface area contributed by atoms with Crippen molar-refractivity contribution in [2.75, 3.05) is 5.32 Å². The number of para-hydroxylation sites is 1. The van der Waals surface area contributed by atoms with Crippen molar-refractivity contribution in [2.24, 2.45) is 0 Å². The van der Waals surface area contributed by atoms with Crippen LogP contribution in [0.5, 0.6) is 23.1 Å². The topological polar surface area (TPSA) is 94.6 Å². The summed E-state index contributed by atoms with van der Waals surface area (Å²) in [5, 5.41) is 23.3. The minimum Gasteiger partial charge on any atom is -0.505 e. The van der Waals surface area contributed by atoms with Gasteiger partial charge in [0.15, 0.2) is 5.75 Å². The quantitative estimate of drug-likeness (QED) is 0.364. The fraction of sp³-hybridized carbons (Fsp3) is 0.0417. The second kappa shape index (κ2) is 8.45. The second-order valence-corrected chi connectivity index (χ2v) is 6.73. The van der Waals surface area contributed by atoms with Gasteiger partial charge in [-0.05, 0) is 42.0 Å². The van der Waals surface area contributed by atoms with E-state index in [0.29, 0.717) is 29.3 Å². The van der Waals surface area contributed by atoms with Crippen molar-refractivity contribution in [1.82, 2.24) is 4.98 Å². The van der Waals surface area contributed by atoms with E-state index in [1.807, 2.05) is 60.7 Å². The number of rotatable bonds is 6. The monoisotopic (exact) mass is 400 g/mol. The average molecular weight is 400 g/mol. The molecule has 0 aliphatic carbocycles. The zero-order chi connectivity index (χ0) is 20.9. The third-order valence-electron chi connectivity index (χ3n) is 4.57. The highest BCUT2D eigenvalue weighted by molar-refractivity contribution is 6.08. The average Bonchev–Trinajstić information content (AvgIpc) is 3.04. The molecule has 0 saturated carbocycles. The van der Waals surface area contributed by atoms with Gasteiger partial charge in [-0.2, -0.15) is 0 Å². The molecular weight excluding hydrogens is 380 g/mol. The first-order valence-electron chi connectivity index (χ1n) is 9.41. The van der Waals surface area contributed by atoms with Gasteiger partial charge < -0.3 is 25.3 Å². The van der Waals surface area contributed by atoms with Crippen molar-refractivity contribution < 1.29 is 19.7 Å². The van der Waals surface area contributed by atoms with Crippen molar-refractivity contribution in [1.29, 1.82) is 0 Å². The van der Waals surface area contributed by atoms with Gasteiger partial charge in [0.25, 0.3) is 5.91 Å². The summed E-state index contributed by atoms with van der Waals surface area (Å²) < 4.78 is 5.72. The summed E-state index contributed by atoms with van der Waals surface area (Å²) in [7, 11) is 0. The number of anilines is 1. The maximum atomic E-state index is 12.6. The SMILES string of the molecule is O=C(Nc1ccc(Oc2ccccc2)cc1)c1c(O)[nH]c(Cc2ccccc2)c1O. The Morgan fingerprint density at radius 1 is 0.833 bits per heavy atom. The smallest absolute Gasteiger partial charge is 0.264 e. The first-order valence-corrected chi connectivity index (χ1v) is 9.41. The number of hydrogen-bond donors (Lipinski definition) is 4. The summed E-state index contributed by atoms with van der Waals surface area (Å²) in [5.41, 5.74) is 1.63. The summed E-state index contributed by atoms with van der Waals surface area (Å²) >= 11 is 0. The third kappa shape index (κ3) is 4.28. The van der Waals surface area contributed by atoms with Crippen LogP contribution in [0.4, 0.5) is 5.69 Å². The zero-order valence-corrected chi connectivity index (χ0v) is 16.0. The van der Waals surface area contributed by atoms with Crippen LogP contribution < -0.4 is 10.1 Å². The van der Waals surface area contributed by atoms with Gasteiger partial charge in [0.1, 0.15) is 17.1 Å². The molecule has 3 aromatic carbocycles. The third-order valence-corrected chi connectivity index (χ3v) is 4.57. The molecule has 1 amide bonds. The first-order chi connectivity index (χ1) is 14.6. The molecule has 0 aliphatic rings. The summed E-state index contributed by atoms with van der Waals surface area (Å²) in [6, 6.07) is 25.6. The number of carbonyl (C=O) groups is 1. The number of ether oxygens (including phenoxy) is 1. The Bertz CT molecular complexity index is 1140. The lowest BCUT2D eigenvalue weighted by Crippen LogP contribution is -2.11. The number of nitrogens with one attached hydrogen (secondary N) is 2. The molecule has 1 heterocycles. The van der Waals surface area contributed by atoms with Crippen LogP contribution in [0.25, 0.3) is 0 Å². The number of hydrogen-bond acceptors (Lipinski definition) is 4. The van der Waals surface area contributed by atoms with Crippen LogP contribution in [0.3, 0.4) is 0 Å². The molecule has 4 rings (SSSR count). The Labute approximate surface area is 173 Å². The van der Waals surface area contributed by atoms with Crippen molar-refractivity contribution in [3.05, 3.63) is 102 Å². The van der Waals surface area contributed by atoms with Crippen LogP contribution in [-0.2, 0) is 6.42 Å². The Morgan fingerprint density at radius 3 is 2.10 bits per heavy atom. The lowest BCUT2D eigenvalue weighted by molar-refractivity contribution is 0.102. The molecule has 6 nitrogen and oxygen atoms in total. The lowest BCUT2D eigenvalue weighted by atomic mass is 10.1. The molecule has 0 saturated heterocycles. The first kappa shape index (κ1) is 19.1. The molecule has 6 heteroatoms. The van der Waals surface area contributed by atoms with Gasteiger partial charge in [-0.3, -0.25) is 4.79 Å². The van der Waals surface area contributed by atoms with Crippen molar-refractivity contribution in [2.45, 2.75) is 6.42 Å². The van der Waals surface area contributed by atoms with Gasteiger partial charge in [0.2, 0.25) is 5.88 Å². The van der Waals surface area contributed by atoms with Crippen molar-refractivity contribution >= 4 is 11.6 Å². The van der Waals surface area contributed by atoms with E-state index >= 15 is 0 Å². The number of benzene rings is 3. The summed E-state index contributed by atoms with van der Waals surface area (Å²) in [4.78, 5) is 15.3. The molecule has 4 aromatic rings. The van der Waals surface area contributed by atoms with E-state index in [2.05, 4.69) is 10.3 Å². The molecule has 0 radical (unpaired) electrons. The normalized spacial score (nSPS) is 10.5. The maximum absolute atomic E-state index is 12.6. The minimum atomic E-state index is -0.614. The zero-order valence-electron chi connectivity index (χ0n) is 16.0. The highest BCUT2D eigenvalue weighted by Gasteiger charge is 2.23. The predicted octanol–water partition coefficient (Wildman–Crippen LogP) is 5.06. The lowest BCUT2D eigenvalue weighted by Gasteiger charge is -2.08. The van der Waals surface area contributed by atoms with Gasteiger partial charge >= 0.3 is 0 Å². The Balaban J connectivity index is 1.46. The van der Waals surface area contributed by atoms with E-state index in [-0.39, 0.29) is 17.2 Å². The van der Waals surface area contributed by atoms with E-state index in [9.17, 15) is 15.0 Å². The van der Waals surface area contributed by atoms with Crippen LogP contribution in [0.2, 0.25) is 0 Å². The molecule has 0 spiro atoms. The Hall–Kier alpha value is -4.19. The molecule has 0 unspecified atom stereocenters. The van der Waals surface area contributed by atoms with Crippen molar-refractivity contribution in [3.63, 3.8) is 0 Å². The fourth-order valence-corrected chi connectivity index (χ4v) is 3.10. The number of carbonyl (C=O) groups excluding carboxylic acids is 1. The van der Waals surface area contributed by atoms with E-state index in [0.717, 1.165) is 5.56 Å². The van der Waals surface area contributed by atoms with Gasteiger partial charge in [0.05, 0.1) is 5.69 Å². The molecular formula is C24H20N2O4. The van der Waals surface area contributed by atoms with Crippen LogP contribution in [0.15, 0.2) is 84.9 Å². The Morgan fingerprint density at radius 2 is 1.43 bits per heavy atom. The second-order valence-electron chi connectivity index (χ2n) is 6.73. The van der Waals surface area contributed by atoms with Gasteiger partial charge in [-0.25, -0.2) is 0 Å². The molecule has 150 valence electrons. The van der Waals surface area contributed by atoms with Crippen LogP contribution >= 0.6 is 0 Å². The number of aromatic hydroxyl groups is 2. The summed E-state index contributed by atoms with van der Waals surface area (Å²) in [6.07, 6.45) is 0.360. The van der Waals surface area contributed by atoms with Gasteiger partial charge in [-0.15, -0.1) is 0 Å². The van der Waals surface area contributed by atoms with E-state index < -0.39 is 5.91 Å². The van der Waals surface area contributed by atoms with Crippen molar-refractivity contribution in [3.8, 4) is 23.1 Å². The molecule has 0 fully saturated rings. The number of H-pyrrole nitrogens is 1. The molecule has 30 heavy (non-hydrogen) atoms. The molecule has 4 N–H and O–H groups in total. The van der Waals surface area contributed by atoms with E-state index in [4.69, 9.17) is 4.74 Å². The van der Waals surface area contributed by atoms with Crippen LogP contribution in [0, 0.1) is 0 Å². The van der Waals surface area contributed by atoms with Gasteiger partial charge in [0, 0.05) is 12.1 Å². The number of aromatic nitrogens is 1. The van der Waals surface area contributed by atoms with Crippen LogP contribution in [-0.4, -0.2) is 21.1 Å². The standard InChI is InChI=1S/C24H20N2O4/c27-22-20(15-16-7-3-1-4-8-16)26-24(29)21(22)23(28)25-17-11-13-19(14-12-17)30-18-9-5-2-6-10-18/h1-14,26-27,29H,15H2,(H,25,28). The highest BCUT2D eigenvalue weighted by Crippen LogP contribution is 2.33.